The van der Waals surface area contributed by atoms with Gasteiger partial charge in [0.05, 0.1) is 18.4 Å². The van der Waals surface area contributed by atoms with E-state index in [9.17, 15) is 0 Å². The molecule has 1 aromatic carbocycles. The Morgan fingerprint density at radius 3 is 3.00 bits per heavy atom. The number of para-hydroxylation sites is 1. The van der Waals surface area contributed by atoms with E-state index in [0.717, 1.165) is 72.1 Å². The Morgan fingerprint density at radius 2 is 2.16 bits per heavy atom. The Morgan fingerprint density at radius 1 is 1.25 bits per heavy atom. The third-order valence-corrected chi connectivity index (χ3v) is 6.69. The maximum Gasteiger partial charge on any atom is 0.237 e. The molecule has 8 nitrogen and oxygen atoms in total. The summed E-state index contributed by atoms with van der Waals surface area (Å²) in [6.45, 7) is 5.94. The van der Waals surface area contributed by atoms with Gasteiger partial charge in [-0.15, -0.1) is 10.2 Å². The molecular formula is C23H28N6O2S. The molecule has 32 heavy (non-hydrogen) atoms. The summed E-state index contributed by atoms with van der Waals surface area (Å²) in [5.74, 6) is 3.42. The Labute approximate surface area is 191 Å². The molecule has 168 valence electrons. The number of fused-ring (bicyclic) bond motifs is 1. The zero-order valence-electron chi connectivity index (χ0n) is 18.5. The summed E-state index contributed by atoms with van der Waals surface area (Å²) in [5.41, 5.74) is 2.13. The first-order valence-corrected chi connectivity index (χ1v) is 12.2. The molecule has 1 saturated heterocycles. The van der Waals surface area contributed by atoms with Gasteiger partial charge >= 0.3 is 0 Å². The van der Waals surface area contributed by atoms with Crippen LogP contribution in [-0.4, -0.2) is 42.6 Å². The van der Waals surface area contributed by atoms with Crippen LogP contribution in [-0.2, 0) is 23.5 Å². The van der Waals surface area contributed by atoms with Crippen molar-refractivity contribution in [3.63, 3.8) is 0 Å². The van der Waals surface area contributed by atoms with Crippen molar-refractivity contribution in [2.45, 2.75) is 63.1 Å². The fraction of sp³-hybridized carbons (Fsp3) is 0.478. The minimum absolute atomic E-state index is 0.181. The maximum absolute atomic E-state index is 5.92. The summed E-state index contributed by atoms with van der Waals surface area (Å²) < 4.78 is 13.6. The van der Waals surface area contributed by atoms with Gasteiger partial charge in [-0.2, -0.15) is 4.98 Å². The monoisotopic (exact) mass is 452 g/mol. The molecule has 5 rings (SSSR count). The second kappa shape index (κ2) is 9.46. The van der Waals surface area contributed by atoms with E-state index in [0.29, 0.717) is 17.6 Å². The van der Waals surface area contributed by atoms with E-state index in [4.69, 9.17) is 9.26 Å². The van der Waals surface area contributed by atoms with E-state index < -0.39 is 0 Å². The topological polar surface area (TPSA) is 94.7 Å². The lowest BCUT2D eigenvalue weighted by Gasteiger charge is -2.14. The minimum atomic E-state index is 0.181. The molecule has 1 N–H and O–H groups in total. The van der Waals surface area contributed by atoms with E-state index in [1.54, 1.807) is 11.8 Å². The van der Waals surface area contributed by atoms with Crippen LogP contribution in [0.25, 0.3) is 22.3 Å². The van der Waals surface area contributed by atoms with Crippen LogP contribution < -0.4 is 0 Å². The van der Waals surface area contributed by atoms with Crippen molar-refractivity contribution in [2.75, 3.05) is 6.61 Å². The predicted molar refractivity (Wildman–Crippen MR) is 123 cm³/mol. The molecule has 9 heteroatoms. The highest BCUT2D eigenvalue weighted by molar-refractivity contribution is 7.98. The number of aromatic amines is 1. The number of H-pyrrole nitrogens is 1. The summed E-state index contributed by atoms with van der Waals surface area (Å²) in [6, 6.07) is 8.25. The molecule has 4 heterocycles. The Kier molecular flexibility index (Phi) is 6.27. The van der Waals surface area contributed by atoms with Crippen molar-refractivity contribution in [3.8, 4) is 11.4 Å². The number of thioether (sulfide) groups is 1. The standard InChI is InChI=1S/C23H28N6O2S/c1-15(2)9-10-20-25-21(31-28-20)14-32-23-27-26-22(29(23)13-16-6-5-11-30-16)18-12-24-19-8-4-3-7-17(18)19/h3-4,7-8,12,15-16,24H,5-6,9-11,13-14H2,1-2H3. The van der Waals surface area contributed by atoms with E-state index in [1.807, 2.05) is 18.3 Å². The van der Waals surface area contributed by atoms with Gasteiger partial charge in [-0.25, -0.2) is 0 Å². The maximum atomic E-state index is 5.92. The first-order valence-electron chi connectivity index (χ1n) is 11.2. The smallest absolute Gasteiger partial charge is 0.237 e. The zero-order chi connectivity index (χ0) is 21.9. The van der Waals surface area contributed by atoms with Crippen molar-refractivity contribution in [1.82, 2.24) is 29.9 Å². The second-order valence-electron chi connectivity index (χ2n) is 8.63. The van der Waals surface area contributed by atoms with Crippen LogP contribution >= 0.6 is 11.8 Å². The normalized spacial score (nSPS) is 16.5. The highest BCUT2D eigenvalue weighted by atomic mass is 32.2. The van der Waals surface area contributed by atoms with Crippen molar-refractivity contribution in [2.24, 2.45) is 5.92 Å². The molecule has 4 aromatic rings. The van der Waals surface area contributed by atoms with Gasteiger partial charge in [-0.3, -0.25) is 4.57 Å². The van der Waals surface area contributed by atoms with Gasteiger partial charge in [-0.05, 0) is 31.2 Å². The summed E-state index contributed by atoms with van der Waals surface area (Å²) in [4.78, 5) is 7.89. The van der Waals surface area contributed by atoms with Crippen molar-refractivity contribution in [1.29, 1.82) is 0 Å². The van der Waals surface area contributed by atoms with Crippen molar-refractivity contribution < 1.29 is 9.26 Å². The van der Waals surface area contributed by atoms with Gasteiger partial charge in [0, 0.05) is 35.7 Å². The summed E-state index contributed by atoms with van der Waals surface area (Å²) in [5, 5.41) is 15.2. The molecule has 0 saturated carbocycles. The molecule has 1 aliphatic heterocycles. The summed E-state index contributed by atoms with van der Waals surface area (Å²) >= 11 is 1.57. The lowest BCUT2D eigenvalue weighted by molar-refractivity contribution is 0.0953. The molecule has 1 fully saturated rings. The first kappa shape index (κ1) is 21.2. The van der Waals surface area contributed by atoms with Crippen molar-refractivity contribution in [3.05, 3.63) is 42.2 Å². The summed E-state index contributed by atoms with van der Waals surface area (Å²) in [7, 11) is 0. The molecule has 3 aromatic heterocycles. The molecular weight excluding hydrogens is 424 g/mol. The third-order valence-electron chi connectivity index (χ3n) is 5.74. The van der Waals surface area contributed by atoms with Gasteiger partial charge < -0.3 is 14.2 Å². The number of benzene rings is 1. The Bertz CT molecular complexity index is 1170. The van der Waals surface area contributed by atoms with Gasteiger partial charge in [0.25, 0.3) is 0 Å². The number of rotatable bonds is 9. The lowest BCUT2D eigenvalue weighted by atomic mass is 10.1. The van der Waals surface area contributed by atoms with Crippen LogP contribution in [0, 0.1) is 5.92 Å². The predicted octanol–water partition coefficient (Wildman–Crippen LogP) is 4.87. The largest absolute Gasteiger partial charge is 0.376 e. The van der Waals surface area contributed by atoms with E-state index in [2.05, 4.69) is 55.9 Å². The van der Waals surface area contributed by atoms with Crippen LogP contribution in [0.4, 0.5) is 0 Å². The Hall–Kier alpha value is -2.65. The summed E-state index contributed by atoms with van der Waals surface area (Å²) in [6.07, 6.45) is 6.23. The van der Waals surface area contributed by atoms with E-state index in [1.165, 1.54) is 0 Å². The third kappa shape index (κ3) is 4.59. The number of nitrogens with zero attached hydrogens (tertiary/aromatic N) is 5. The molecule has 0 radical (unpaired) electrons. The van der Waals surface area contributed by atoms with Gasteiger partial charge in [-0.1, -0.05) is 49.0 Å². The molecule has 0 aliphatic carbocycles. The molecule has 0 bridgehead atoms. The van der Waals surface area contributed by atoms with Gasteiger partial charge in [0.1, 0.15) is 0 Å². The average Bonchev–Trinajstić information content (AvgIpc) is 3.58. The molecule has 1 unspecified atom stereocenters. The van der Waals surface area contributed by atoms with Gasteiger partial charge in [0.15, 0.2) is 16.8 Å². The van der Waals surface area contributed by atoms with Crippen LogP contribution in [0.1, 0.15) is 44.8 Å². The Balaban J connectivity index is 1.38. The first-order chi connectivity index (χ1) is 15.7. The van der Waals surface area contributed by atoms with E-state index in [-0.39, 0.29) is 6.10 Å². The van der Waals surface area contributed by atoms with E-state index >= 15 is 0 Å². The molecule has 0 amide bonds. The molecule has 0 spiro atoms. The van der Waals surface area contributed by atoms with Crippen LogP contribution in [0.3, 0.4) is 0 Å². The average molecular weight is 453 g/mol. The van der Waals surface area contributed by atoms with Crippen LogP contribution in [0.5, 0.6) is 0 Å². The number of ether oxygens (including phenoxy) is 1. The second-order valence-corrected chi connectivity index (χ2v) is 9.57. The van der Waals surface area contributed by atoms with Crippen molar-refractivity contribution >= 4 is 22.7 Å². The number of nitrogens with one attached hydrogen (secondary N) is 1. The highest BCUT2D eigenvalue weighted by Gasteiger charge is 2.23. The van der Waals surface area contributed by atoms with Crippen LogP contribution in [0.15, 0.2) is 40.1 Å². The van der Waals surface area contributed by atoms with Crippen LogP contribution in [0.2, 0.25) is 0 Å². The molecule has 1 aliphatic rings. The lowest BCUT2D eigenvalue weighted by Crippen LogP contribution is -2.16. The van der Waals surface area contributed by atoms with Gasteiger partial charge in [0.2, 0.25) is 5.89 Å². The number of aryl methyl sites for hydroxylation is 1. The molecule has 1 atom stereocenters. The number of hydrogen-bond donors (Lipinski definition) is 1. The fourth-order valence-corrected chi connectivity index (χ4v) is 4.79. The minimum Gasteiger partial charge on any atom is -0.376 e. The number of hydrogen-bond acceptors (Lipinski definition) is 7. The number of aromatic nitrogens is 6. The highest BCUT2D eigenvalue weighted by Crippen LogP contribution is 2.32. The zero-order valence-corrected chi connectivity index (χ0v) is 19.3. The fourth-order valence-electron chi connectivity index (χ4n) is 4.00. The SMILES string of the molecule is CC(C)CCc1noc(CSc2nnc(-c3c[nH]c4ccccc34)n2CC2CCCO2)n1. The quantitative estimate of drug-likeness (QED) is 0.362.